The lowest BCUT2D eigenvalue weighted by atomic mass is 10.2. The highest BCUT2D eigenvalue weighted by Gasteiger charge is 2.06. The third kappa shape index (κ3) is 3.07. The summed E-state index contributed by atoms with van der Waals surface area (Å²) < 4.78 is 10.1. The topological polar surface area (TPSA) is 48.4 Å². The molecule has 0 atom stereocenters. The maximum atomic E-state index is 11.2. The minimum atomic E-state index is -0.454. The number of hydrogen-bond acceptors (Lipinski definition) is 4. The van der Waals surface area contributed by atoms with Crippen LogP contribution in [0, 0.1) is 0 Å². The number of ether oxygens (including phenoxy) is 2. The molecule has 18 heavy (non-hydrogen) atoms. The number of rotatable bonds is 4. The molecule has 0 N–H and O–H groups in total. The van der Waals surface area contributed by atoms with E-state index in [1.54, 1.807) is 12.1 Å². The number of aromatic nitrogens is 1. The standard InChI is InChI=1S/C14H13NO3/c1-17-14(16)13-8-7-12(9-15-13)18-10-11-5-3-2-4-6-11/h2-9H,10H2,1H3. The van der Waals surface area contributed by atoms with Crippen molar-refractivity contribution < 1.29 is 14.3 Å². The average Bonchev–Trinajstić information content (AvgIpc) is 2.46. The van der Waals surface area contributed by atoms with Gasteiger partial charge in [0.05, 0.1) is 13.3 Å². The van der Waals surface area contributed by atoms with Crippen molar-refractivity contribution in [3.8, 4) is 5.75 Å². The lowest BCUT2D eigenvalue weighted by molar-refractivity contribution is 0.0594. The molecule has 0 radical (unpaired) electrons. The van der Waals surface area contributed by atoms with E-state index in [0.29, 0.717) is 12.4 Å². The van der Waals surface area contributed by atoms with Gasteiger partial charge in [0.15, 0.2) is 0 Å². The van der Waals surface area contributed by atoms with Crippen LogP contribution in [0.1, 0.15) is 16.1 Å². The molecule has 0 fully saturated rings. The van der Waals surface area contributed by atoms with Crippen molar-refractivity contribution in [2.75, 3.05) is 7.11 Å². The number of nitrogens with zero attached hydrogens (tertiary/aromatic N) is 1. The van der Waals surface area contributed by atoms with Gasteiger partial charge in [0.1, 0.15) is 18.1 Å². The van der Waals surface area contributed by atoms with Crippen LogP contribution in [0.2, 0.25) is 0 Å². The molecule has 1 heterocycles. The van der Waals surface area contributed by atoms with Crippen molar-refractivity contribution in [1.29, 1.82) is 0 Å². The molecule has 0 bridgehead atoms. The van der Waals surface area contributed by atoms with Gasteiger partial charge in [-0.15, -0.1) is 0 Å². The van der Waals surface area contributed by atoms with E-state index in [1.807, 2.05) is 30.3 Å². The molecule has 0 aliphatic carbocycles. The van der Waals surface area contributed by atoms with Crippen molar-refractivity contribution in [3.63, 3.8) is 0 Å². The van der Waals surface area contributed by atoms with Gasteiger partial charge >= 0.3 is 5.97 Å². The lowest BCUT2D eigenvalue weighted by Gasteiger charge is -2.06. The molecule has 2 rings (SSSR count). The van der Waals surface area contributed by atoms with E-state index < -0.39 is 5.97 Å². The van der Waals surface area contributed by atoms with Gasteiger partial charge in [-0.3, -0.25) is 0 Å². The highest BCUT2D eigenvalue weighted by molar-refractivity contribution is 5.87. The van der Waals surface area contributed by atoms with Gasteiger partial charge in [-0.25, -0.2) is 9.78 Å². The summed E-state index contributed by atoms with van der Waals surface area (Å²) in [6.07, 6.45) is 1.51. The third-order valence-corrected chi connectivity index (χ3v) is 2.38. The lowest BCUT2D eigenvalue weighted by Crippen LogP contribution is -2.04. The fourth-order valence-electron chi connectivity index (χ4n) is 1.43. The van der Waals surface area contributed by atoms with Crippen molar-refractivity contribution in [2.24, 2.45) is 0 Å². The molecule has 92 valence electrons. The number of methoxy groups -OCH3 is 1. The Morgan fingerprint density at radius 3 is 2.56 bits per heavy atom. The number of pyridine rings is 1. The van der Waals surface area contributed by atoms with Crippen LogP contribution in [0.3, 0.4) is 0 Å². The summed E-state index contributed by atoms with van der Waals surface area (Å²) in [7, 11) is 1.32. The van der Waals surface area contributed by atoms with Crippen LogP contribution in [-0.2, 0) is 11.3 Å². The quantitative estimate of drug-likeness (QED) is 0.774. The Morgan fingerprint density at radius 1 is 1.17 bits per heavy atom. The van der Waals surface area contributed by atoms with E-state index in [4.69, 9.17) is 4.74 Å². The second-order valence-electron chi connectivity index (χ2n) is 3.64. The minimum Gasteiger partial charge on any atom is -0.487 e. The summed E-state index contributed by atoms with van der Waals surface area (Å²) in [6.45, 7) is 0.472. The van der Waals surface area contributed by atoms with Crippen molar-refractivity contribution in [3.05, 3.63) is 59.9 Å². The number of carbonyl (C=O) groups is 1. The number of benzene rings is 1. The van der Waals surface area contributed by atoms with E-state index in [0.717, 1.165) is 5.56 Å². The number of esters is 1. The monoisotopic (exact) mass is 243 g/mol. The van der Waals surface area contributed by atoms with Crippen LogP contribution < -0.4 is 4.74 Å². The highest BCUT2D eigenvalue weighted by atomic mass is 16.5. The first-order valence-electron chi connectivity index (χ1n) is 5.50. The highest BCUT2D eigenvalue weighted by Crippen LogP contribution is 2.12. The molecule has 0 aliphatic heterocycles. The van der Waals surface area contributed by atoms with E-state index >= 15 is 0 Å². The van der Waals surface area contributed by atoms with Crippen LogP contribution in [0.25, 0.3) is 0 Å². The van der Waals surface area contributed by atoms with Gasteiger partial charge in [-0.2, -0.15) is 0 Å². The van der Waals surface area contributed by atoms with Gasteiger partial charge in [-0.05, 0) is 17.7 Å². The predicted octanol–water partition coefficient (Wildman–Crippen LogP) is 2.45. The number of hydrogen-bond donors (Lipinski definition) is 0. The van der Waals surface area contributed by atoms with Crippen molar-refractivity contribution >= 4 is 5.97 Å². The van der Waals surface area contributed by atoms with Crippen molar-refractivity contribution in [2.45, 2.75) is 6.61 Å². The molecule has 1 aromatic heterocycles. The smallest absolute Gasteiger partial charge is 0.356 e. The van der Waals surface area contributed by atoms with Crippen LogP contribution in [-0.4, -0.2) is 18.1 Å². The summed E-state index contributed by atoms with van der Waals surface area (Å²) in [6, 6.07) is 13.1. The van der Waals surface area contributed by atoms with Crippen LogP contribution in [0.15, 0.2) is 48.7 Å². The molecule has 0 saturated carbocycles. The zero-order chi connectivity index (χ0) is 12.8. The first kappa shape index (κ1) is 12.1. The van der Waals surface area contributed by atoms with Crippen LogP contribution in [0.4, 0.5) is 0 Å². The van der Waals surface area contributed by atoms with Gasteiger partial charge in [0.2, 0.25) is 0 Å². The summed E-state index contributed by atoms with van der Waals surface area (Å²) in [5.74, 6) is 0.163. The fraction of sp³-hybridized carbons (Fsp3) is 0.143. The summed E-state index contributed by atoms with van der Waals surface area (Å²) >= 11 is 0. The molecule has 0 amide bonds. The molecule has 0 aliphatic rings. The van der Waals surface area contributed by atoms with Gasteiger partial charge in [-0.1, -0.05) is 30.3 Å². The Morgan fingerprint density at radius 2 is 1.94 bits per heavy atom. The molecule has 4 nitrogen and oxygen atoms in total. The zero-order valence-corrected chi connectivity index (χ0v) is 10.00. The molecule has 0 spiro atoms. The van der Waals surface area contributed by atoms with E-state index in [-0.39, 0.29) is 5.69 Å². The summed E-state index contributed by atoms with van der Waals surface area (Å²) in [4.78, 5) is 15.1. The Bertz CT molecular complexity index is 508. The first-order chi connectivity index (χ1) is 8.79. The normalized spacial score (nSPS) is 9.83. The second-order valence-corrected chi connectivity index (χ2v) is 3.64. The Balaban J connectivity index is 1.97. The minimum absolute atomic E-state index is 0.268. The number of carbonyl (C=O) groups excluding carboxylic acids is 1. The van der Waals surface area contributed by atoms with Gasteiger partial charge in [0.25, 0.3) is 0 Å². The van der Waals surface area contributed by atoms with Gasteiger partial charge in [0, 0.05) is 0 Å². The van der Waals surface area contributed by atoms with Gasteiger partial charge < -0.3 is 9.47 Å². The predicted molar refractivity (Wildman–Crippen MR) is 66.4 cm³/mol. The molecule has 0 unspecified atom stereocenters. The first-order valence-corrected chi connectivity index (χ1v) is 5.50. The fourth-order valence-corrected chi connectivity index (χ4v) is 1.43. The second kappa shape index (κ2) is 5.82. The van der Waals surface area contributed by atoms with E-state index in [1.165, 1.54) is 13.3 Å². The molecule has 0 saturated heterocycles. The zero-order valence-electron chi connectivity index (χ0n) is 10.00. The maximum absolute atomic E-state index is 11.2. The molecular weight excluding hydrogens is 230 g/mol. The molecule has 2 aromatic rings. The third-order valence-electron chi connectivity index (χ3n) is 2.38. The molecule has 1 aromatic carbocycles. The molecular formula is C14H13NO3. The largest absolute Gasteiger partial charge is 0.487 e. The molecule has 4 heteroatoms. The van der Waals surface area contributed by atoms with Crippen LogP contribution >= 0.6 is 0 Å². The Labute approximate surface area is 105 Å². The summed E-state index contributed by atoms with van der Waals surface area (Å²) in [5.41, 5.74) is 1.35. The average molecular weight is 243 g/mol. The summed E-state index contributed by atoms with van der Waals surface area (Å²) in [5, 5.41) is 0. The Kier molecular flexibility index (Phi) is 3.91. The Hall–Kier alpha value is -2.36. The van der Waals surface area contributed by atoms with Crippen molar-refractivity contribution in [1.82, 2.24) is 4.98 Å². The maximum Gasteiger partial charge on any atom is 0.356 e. The van der Waals surface area contributed by atoms with Crippen LogP contribution in [0.5, 0.6) is 5.75 Å². The van der Waals surface area contributed by atoms with E-state index in [9.17, 15) is 4.79 Å². The SMILES string of the molecule is COC(=O)c1ccc(OCc2ccccc2)cn1. The van der Waals surface area contributed by atoms with E-state index in [2.05, 4.69) is 9.72 Å².